The summed E-state index contributed by atoms with van der Waals surface area (Å²) in [6.45, 7) is 10.8. The van der Waals surface area contributed by atoms with Gasteiger partial charge >= 0.3 is 0 Å². The fourth-order valence-electron chi connectivity index (χ4n) is 3.07. The molecule has 0 spiro atoms. The Bertz CT molecular complexity index is 433. The van der Waals surface area contributed by atoms with E-state index in [4.69, 9.17) is 4.74 Å². The molecule has 112 valence electrons. The molecule has 1 heterocycles. The molecule has 1 fully saturated rings. The van der Waals surface area contributed by atoms with Gasteiger partial charge in [0.25, 0.3) is 0 Å². The number of benzene rings is 1. The lowest BCUT2D eigenvalue weighted by molar-refractivity contribution is 0.106. The van der Waals surface area contributed by atoms with Crippen LogP contribution in [0, 0.1) is 13.8 Å². The van der Waals surface area contributed by atoms with Crippen LogP contribution in [0.3, 0.4) is 0 Å². The number of rotatable bonds is 6. The van der Waals surface area contributed by atoms with E-state index in [1.807, 2.05) is 7.11 Å². The zero-order chi connectivity index (χ0) is 14.5. The second-order valence-corrected chi connectivity index (χ2v) is 5.88. The molecular formula is C17H28N2O. The van der Waals surface area contributed by atoms with E-state index in [1.165, 1.54) is 16.7 Å². The Kier molecular flexibility index (Phi) is 5.58. The topological polar surface area (TPSA) is 24.5 Å². The molecule has 20 heavy (non-hydrogen) atoms. The highest BCUT2D eigenvalue weighted by Gasteiger charge is 2.25. The van der Waals surface area contributed by atoms with E-state index < -0.39 is 0 Å². The Hall–Kier alpha value is -0.900. The van der Waals surface area contributed by atoms with Gasteiger partial charge in [0.15, 0.2) is 0 Å². The van der Waals surface area contributed by atoms with Gasteiger partial charge in [-0.2, -0.15) is 0 Å². The number of methoxy groups -OCH3 is 1. The van der Waals surface area contributed by atoms with Gasteiger partial charge < -0.3 is 10.1 Å². The number of ether oxygens (including phenoxy) is 1. The van der Waals surface area contributed by atoms with Gasteiger partial charge in [-0.25, -0.2) is 0 Å². The van der Waals surface area contributed by atoms with E-state index in [-0.39, 0.29) is 0 Å². The maximum absolute atomic E-state index is 5.47. The van der Waals surface area contributed by atoms with Gasteiger partial charge in [-0.15, -0.1) is 0 Å². The van der Waals surface area contributed by atoms with Crippen LogP contribution in [0.2, 0.25) is 0 Å². The third kappa shape index (κ3) is 3.81. The first kappa shape index (κ1) is 15.5. The summed E-state index contributed by atoms with van der Waals surface area (Å²) in [5, 5.41) is 3.64. The molecule has 1 aromatic carbocycles. The molecule has 1 saturated heterocycles. The van der Waals surface area contributed by atoms with Gasteiger partial charge in [0, 0.05) is 32.8 Å². The summed E-state index contributed by atoms with van der Waals surface area (Å²) >= 11 is 0. The van der Waals surface area contributed by atoms with Gasteiger partial charge in [-0.1, -0.05) is 30.7 Å². The largest absolute Gasteiger partial charge is 0.380 e. The van der Waals surface area contributed by atoms with Crippen molar-refractivity contribution >= 4 is 0 Å². The summed E-state index contributed by atoms with van der Waals surface area (Å²) in [6, 6.07) is 7.16. The summed E-state index contributed by atoms with van der Waals surface area (Å²) in [5.41, 5.74) is 4.15. The van der Waals surface area contributed by atoms with E-state index >= 15 is 0 Å². The van der Waals surface area contributed by atoms with E-state index in [9.17, 15) is 0 Å². The molecule has 1 aliphatic rings. The van der Waals surface area contributed by atoms with Crippen molar-refractivity contribution in [1.29, 1.82) is 0 Å². The molecule has 1 N–H and O–H groups in total. The van der Waals surface area contributed by atoms with E-state index in [1.54, 1.807) is 0 Å². The second kappa shape index (κ2) is 7.21. The minimum atomic E-state index is 0.413. The van der Waals surface area contributed by atoms with Crippen LogP contribution in [0.1, 0.15) is 36.1 Å². The van der Waals surface area contributed by atoms with E-state index in [0.29, 0.717) is 12.1 Å². The average Bonchev–Trinajstić information content (AvgIpc) is 2.89. The smallest absolute Gasteiger partial charge is 0.0710 e. The van der Waals surface area contributed by atoms with Crippen LogP contribution in [0.4, 0.5) is 0 Å². The second-order valence-electron chi connectivity index (χ2n) is 5.88. The summed E-state index contributed by atoms with van der Waals surface area (Å²) < 4.78 is 5.47. The summed E-state index contributed by atoms with van der Waals surface area (Å²) in [7, 11) is 1.82. The molecule has 2 atom stereocenters. The molecule has 0 amide bonds. The Morgan fingerprint density at radius 2 is 2.20 bits per heavy atom. The summed E-state index contributed by atoms with van der Waals surface area (Å²) in [4.78, 5) is 2.52. The molecule has 0 saturated carbocycles. The predicted molar refractivity (Wildman–Crippen MR) is 84.2 cm³/mol. The fraction of sp³-hybridized carbons (Fsp3) is 0.647. The maximum atomic E-state index is 5.47. The van der Waals surface area contributed by atoms with Crippen LogP contribution >= 0.6 is 0 Å². The first-order valence-corrected chi connectivity index (χ1v) is 7.69. The predicted octanol–water partition coefficient (Wildman–Crippen LogP) is 2.67. The SMILES string of the molecule is CCNC(CN1CCC(OC)C1)c1cc(C)ccc1C. The van der Waals surface area contributed by atoms with Crippen molar-refractivity contribution in [3.8, 4) is 0 Å². The van der Waals surface area contributed by atoms with Crippen LogP contribution in [0.15, 0.2) is 18.2 Å². The Labute approximate surface area is 123 Å². The van der Waals surface area contributed by atoms with Crippen molar-refractivity contribution in [1.82, 2.24) is 10.2 Å². The molecule has 0 aromatic heterocycles. The van der Waals surface area contributed by atoms with E-state index in [2.05, 4.69) is 49.2 Å². The lowest BCUT2D eigenvalue weighted by Gasteiger charge is -2.26. The molecule has 2 rings (SSSR count). The molecule has 1 aliphatic heterocycles. The highest BCUT2D eigenvalue weighted by Crippen LogP contribution is 2.22. The van der Waals surface area contributed by atoms with Gasteiger partial charge in [-0.3, -0.25) is 4.90 Å². The summed E-state index contributed by atoms with van der Waals surface area (Å²) in [5.74, 6) is 0. The van der Waals surface area contributed by atoms with Crippen molar-refractivity contribution in [2.75, 3.05) is 33.3 Å². The van der Waals surface area contributed by atoms with E-state index in [0.717, 1.165) is 32.6 Å². The molecule has 0 aliphatic carbocycles. The molecule has 3 nitrogen and oxygen atoms in total. The van der Waals surface area contributed by atoms with Crippen LogP contribution in [-0.4, -0.2) is 44.3 Å². The third-order valence-corrected chi connectivity index (χ3v) is 4.26. The summed E-state index contributed by atoms with van der Waals surface area (Å²) in [6.07, 6.45) is 1.57. The van der Waals surface area contributed by atoms with Crippen molar-refractivity contribution in [3.05, 3.63) is 34.9 Å². The Morgan fingerprint density at radius 1 is 1.40 bits per heavy atom. The minimum Gasteiger partial charge on any atom is -0.380 e. The zero-order valence-electron chi connectivity index (χ0n) is 13.3. The zero-order valence-corrected chi connectivity index (χ0v) is 13.3. The molecule has 1 aromatic rings. The van der Waals surface area contributed by atoms with Crippen molar-refractivity contribution in [2.24, 2.45) is 0 Å². The Morgan fingerprint density at radius 3 is 2.85 bits per heavy atom. The first-order valence-electron chi connectivity index (χ1n) is 7.69. The number of aryl methyl sites for hydroxylation is 2. The average molecular weight is 276 g/mol. The van der Waals surface area contributed by atoms with Gasteiger partial charge in [-0.05, 0) is 37.9 Å². The molecule has 0 bridgehead atoms. The number of likely N-dealkylation sites (N-methyl/N-ethyl adjacent to an activating group) is 1. The molecular weight excluding hydrogens is 248 g/mol. The van der Waals surface area contributed by atoms with Crippen molar-refractivity contribution in [3.63, 3.8) is 0 Å². The Balaban J connectivity index is 2.08. The van der Waals surface area contributed by atoms with Crippen LogP contribution in [-0.2, 0) is 4.74 Å². The number of hydrogen-bond donors (Lipinski definition) is 1. The third-order valence-electron chi connectivity index (χ3n) is 4.26. The van der Waals surface area contributed by atoms with Crippen LogP contribution in [0.5, 0.6) is 0 Å². The maximum Gasteiger partial charge on any atom is 0.0710 e. The highest BCUT2D eigenvalue weighted by molar-refractivity contribution is 5.33. The standard InChI is InChI=1S/C17H28N2O/c1-5-18-17(12-19-9-8-15(11-19)20-4)16-10-13(2)6-7-14(16)3/h6-7,10,15,17-18H,5,8-9,11-12H2,1-4H3. The monoisotopic (exact) mass is 276 g/mol. The molecule has 3 heteroatoms. The van der Waals surface area contributed by atoms with Gasteiger partial charge in [0.2, 0.25) is 0 Å². The van der Waals surface area contributed by atoms with Crippen molar-refractivity contribution in [2.45, 2.75) is 39.3 Å². The fourth-order valence-corrected chi connectivity index (χ4v) is 3.07. The lowest BCUT2D eigenvalue weighted by Crippen LogP contribution is -2.35. The van der Waals surface area contributed by atoms with Crippen LogP contribution in [0.25, 0.3) is 0 Å². The number of likely N-dealkylation sites (tertiary alicyclic amines) is 1. The lowest BCUT2D eigenvalue weighted by atomic mass is 9.98. The van der Waals surface area contributed by atoms with Crippen LogP contribution < -0.4 is 5.32 Å². The first-order chi connectivity index (χ1) is 9.63. The quantitative estimate of drug-likeness (QED) is 0.864. The molecule has 2 unspecified atom stereocenters. The number of nitrogens with zero attached hydrogens (tertiary/aromatic N) is 1. The normalized spacial score (nSPS) is 21.3. The minimum absolute atomic E-state index is 0.413. The van der Waals surface area contributed by atoms with Crippen molar-refractivity contribution < 1.29 is 4.74 Å². The van der Waals surface area contributed by atoms with Gasteiger partial charge in [0.05, 0.1) is 6.10 Å². The van der Waals surface area contributed by atoms with Gasteiger partial charge in [0.1, 0.15) is 0 Å². The molecule has 0 radical (unpaired) electrons. The highest BCUT2D eigenvalue weighted by atomic mass is 16.5. The number of nitrogens with one attached hydrogen (secondary N) is 1. The number of hydrogen-bond acceptors (Lipinski definition) is 3.